The molecule has 0 aromatic heterocycles. The van der Waals surface area contributed by atoms with E-state index in [9.17, 15) is 4.79 Å². The Bertz CT molecular complexity index is 183. The molecule has 1 amide bonds. The molecule has 2 aliphatic rings. The summed E-state index contributed by atoms with van der Waals surface area (Å²) in [7, 11) is 0. The molecule has 2 fully saturated rings. The average molecular weight is 155 g/mol. The minimum Gasteiger partial charge on any atom is -0.338 e. The molecule has 0 aromatic rings. The van der Waals surface area contributed by atoms with Gasteiger partial charge in [0.1, 0.15) is 0 Å². The van der Waals surface area contributed by atoms with E-state index in [0.717, 1.165) is 19.4 Å². The second kappa shape index (κ2) is 2.46. The Balaban J connectivity index is 2.13. The van der Waals surface area contributed by atoms with Crippen LogP contribution >= 0.6 is 0 Å². The predicted molar refractivity (Wildman–Crippen MR) is 40.5 cm³/mol. The van der Waals surface area contributed by atoms with Gasteiger partial charge in [-0.15, -0.1) is 0 Å². The van der Waals surface area contributed by atoms with Gasteiger partial charge in [0.25, 0.3) is 0 Å². The van der Waals surface area contributed by atoms with Crippen LogP contribution in [0.15, 0.2) is 0 Å². The molecule has 2 aliphatic heterocycles. The van der Waals surface area contributed by atoms with Gasteiger partial charge < -0.3 is 4.90 Å². The van der Waals surface area contributed by atoms with Crippen LogP contribution < -0.4 is 11.3 Å². The van der Waals surface area contributed by atoms with Gasteiger partial charge in [-0.3, -0.25) is 16.1 Å². The van der Waals surface area contributed by atoms with E-state index >= 15 is 0 Å². The number of nitrogens with zero attached hydrogens (tertiary/aromatic N) is 1. The highest BCUT2D eigenvalue weighted by atomic mass is 16.2. The lowest BCUT2D eigenvalue weighted by Gasteiger charge is -2.18. The number of carbonyl (C=O) groups excluding carboxylic acids is 1. The molecule has 2 saturated heterocycles. The number of rotatable bonds is 1. The molecule has 0 saturated carbocycles. The van der Waals surface area contributed by atoms with Crippen molar-refractivity contribution in [3.63, 3.8) is 0 Å². The summed E-state index contributed by atoms with van der Waals surface area (Å²) in [6, 6.07) is 0.581. The first-order valence-corrected chi connectivity index (χ1v) is 4.08. The first kappa shape index (κ1) is 7.06. The van der Waals surface area contributed by atoms with E-state index in [4.69, 9.17) is 5.84 Å². The Labute approximate surface area is 65.7 Å². The average Bonchev–Trinajstić information content (AvgIpc) is 2.54. The van der Waals surface area contributed by atoms with Crippen molar-refractivity contribution in [2.45, 2.75) is 31.3 Å². The zero-order valence-corrected chi connectivity index (χ0v) is 6.42. The summed E-state index contributed by atoms with van der Waals surface area (Å²) in [5.74, 6) is 5.58. The highest BCUT2D eigenvalue weighted by molar-refractivity contribution is 5.80. The summed E-state index contributed by atoms with van der Waals surface area (Å²) >= 11 is 0. The van der Waals surface area contributed by atoms with E-state index in [1.165, 1.54) is 0 Å². The molecule has 2 rings (SSSR count). The lowest BCUT2D eigenvalue weighted by molar-refractivity contribution is -0.127. The third-order valence-electron chi connectivity index (χ3n) is 2.69. The van der Waals surface area contributed by atoms with Gasteiger partial charge in [0.15, 0.2) is 0 Å². The van der Waals surface area contributed by atoms with Crippen molar-refractivity contribution in [3.8, 4) is 0 Å². The molecule has 3 N–H and O–H groups in total. The van der Waals surface area contributed by atoms with Gasteiger partial charge in [0.2, 0.25) is 5.91 Å². The Kier molecular flexibility index (Phi) is 1.58. The lowest BCUT2D eigenvalue weighted by atomic mass is 10.1. The van der Waals surface area contributed by atoms with Crippen LogP contribution in [0.1, 0.15) is 19.3 Å². The Morgan fingerprint density at radius 3 is 3.18 bits per heavy atom. The zero-order valence-electron chi connectivity index (χ0n) is 6.42. The first-order chi connectivity index (χ1) is 5.33. The smallest absolute Gasteiger partial charge is 0.224 e. The van der Waals surface area contributed by atoms with E-state index in [1.807, 2.05) is 4.90 Å². The quantitative estimate of drug-likeness (QED) is 0.385. The largest absolute Gasteiger partial charge is 0.338 e. The molecule has 2 atom stereocenters. The number of carbonyl (C=O) groups is 1. The van der Waals surface area contributed by atoms with Crippen molar-refractivity contribution in [3.05, 3.63) is 0 Å². The maximum Gasteiger partial charge on any atom is 0.224 e. The summed E-state index contributed by atoms with van der Waals surface area (Å²) in [6.45, 7) is 0.932. The van der Waals surface area contributed by atoms with Gasteiger partial charge in [0, 0.05) is 19.0 Å². The van der Waals surface area contributed by atoms with Crippen LogP contribution in [-0.4, -0.2) is 29.4 Å². The molecule has 4 nitrogen and oxygen atoms in total. The second-order valence-electron chi connectivity index (χ2n) is 3.27. The van der Waals surface area contributed by atoms with Gasteiger partial charge >= 0.3 is 0 Å². The maximum absolute atomic E-state index is 11.3. The monoisotopic (exact) mass is 155 g/mol. The molecule has 0 aromatic carbocycles. The molecular weight excluding hydrogens is 142 g/mol. The number of hydrogen-bond acceptors (Lipinski definition) is 3. The highest BCUT2D eigenvalue weighted by Crippen LogP contribution is 2.28. The summed E-state index contributed by atoms with van der Waals surface area (Å²) in [5, 5.41) is 0. The SMILES string of the molecule is NNC1CC(=O)N2CCCC12. The third kappa shape index (κ3) is 0.937. The van der Waals surface area contributed by atoms with Crippen LogP contribution in [0.4, 0.5) is 0 Å². The van der Waals surface area contributed by atoms with Crippen molar-refractivity contribution in [2.75, 3.05) is 6.54 Å². The van der Waals surface area contributed by atoms with Crippen LogP contribution in [-0.2, 0) is 4.79 Å². The van der Waals surface area contributed by atoms with Crippen molar-refractivity contribution in [2.24, 2.45) is 5.84 Å². The van der Waals surface area contributed by atoms with Gasteiger partial charge in [-0.25, -0.2) is 0 Å². The first-order valence-electron chi connectivity index (χ1n) is 4.08. The topological polar surface area (TPSA) is 58.4 Å². The molecular formula is C7H13N3O. The minimum atomic E-state index is 0.199. The molecule has 4 heteroatoms. The number of fused-ring (bicyclic) bond motifs is 1. The maximum atomic E-state index is 11.3. The fourth-order valence-electron chi connectivity index (χ4n) is 2.13. The van der Waals surface area contributed by atoms with Crippen LogP contribution in [0.3, 0.4) is 0 Å². The van der Waals surface area contributed by atoms with E-state index in [-0.39, 0.29) is 11.9 Å². The van der Waals surface area contributed by atoms with Crippen molar-refractivity contribution >= 4 is 5.91 Å². The van der Waals surface area contributed by atoms with E-state index in [1.54, 1.807) is 0 Å². The van der Waals surface area contributed by atoms with Crippen LogP contribution in [0.25, 0.3) is 0 Å². The predicted octanol–water partition coefficient (Wildman–Crippen LogP) is -0.787. The summed E-state index contributed by atoms with van der Waals surface area (Å²) in [4.78, 5) is 13.2. The fraction of sp³-hybridized carbons (Fsp3) is 0.857. The summed E-state index contributed by atoms with van der Waals surface area (Å²) in [6.07, 6.45) is 2.83. The standard InChI is InChI=1S/C7H13N3O/c8-9-5-4-7(11)10-3-1-2-6(5)10/h5-6,9H,1-4,8H2. The van der Waals surface area contributed by atoms with Crippen LogP contribution in [0.5, 0.6) is 0 Å². The van der Waals surface area contributed by atoms with Gasteiger partial charge in [-0.1, -0.05) is 0 Å². The van der Waals surface area contributed by atoms with E-state index in [0.29, 0.717) is 12.5 Å². The Morgan fingerprint density at radius 2 is 2.45 bits per heavy atom. The Morgan fingerprint density at radius 1 is 1.64 bits per heavy atom. The van der Waals surface area contributed by atoms with Gasteiger partial charge in [0.05, 0.1) is 6.04 Å². The lowest BCUT2D eigenvalue weighted by Crippen LogP contribution is -2.42. The molecule has 0 radical (unpaired) electrons. The highest BCUT2D eigenvalue weighted by Gasteiger charge is 2.41. The van der Waals surface area contributed by atoms with E-state index in [2.05, 4.69) is 5.43 Å². The fourth-order valence-corrected chi connectivity index (χ4v) is 2.13. The van der Waals surface area contributed by atoms with Crippen molar-refractivity contribution < 1.29 is 4.79 Å². The summed E-state index contributed by atoms with van der Waals surface area (Å²) in [5.41, 5.74) is 2.70. The second-order valence-corrected chi connectivity index (χ2v) is 3.27. The number of amides is 1. The number of nitrogens with two attached hydrogens (primary N) is 1. The van der Waals surface area contributed by atoms with Crippen LogP contribution in [0, 0.1) is 0 Å². The zero-order chi connectivity index (χ0) is 7.84. The van der Waals surface area contributed by atoms with E-state index < -0.39 is 0 Å². The minimum absolute atomic E-state index is 0.199. The summed E-state index contributed by atoms with van der Waals surface area (Å²) < 4.78 is 0. The molecule has 0 aliphatic carbocycles. The normalized spacial score (nSPS) is 36.5. The van der Waals surface area contributed by atoms with Crippen molar-refractivity contribution in [1.29, 1.82) is 0 Å². The number of nitrogens with one attached hydrogen (secondary N) is 1. The molecule has 11 heavy (non-hydrogen) atoms. The molecule has 62 valence electrons. The molecule has 2 unspecified atom stereocenters. The number of hydrogen-bond donors (Lipinski definition) is 2. The molecule has 0 bridgehead atoms. The third-order valence-corrected chi connectivity index (χ3v) is 2.69. The van der Waals surface area contributed by atoms with Crippen molar-refractivity contribution in [1.82, 2.24) is 10.3 Å². The van der Waals surface area contributed by atoms with Crippen LogP contribution in [0.2, 0.25) is 0 Å². The Hall–Kier alpha value is -0.610. The van der Waals surface area contributed by atoms with Gasteiger partial charge in [-0.05, 0) is 12.8 Å². The number of hydrazine groups is 1. The molecule has 0 spiro atoms. The molecule has 2 heterocycles. The van der Waals surface area contributed by atoms with Gasteiger partial charge in [-0.2, -0.15) is 0 Å².